The minimum atomic E-state index is 0.0792. The standard InChI is InChI=1S/C23H27ClN6O/c1-15-8-17(24)11-19(9-15)29(2)22(31)10-16-4-3-7-30(14-16)21-13-26-20(12-25)23(28-21)27-18-5-6-18/h8-9,11,13,16,18H,3-7,10,14H2,1-2H3,(H,27,28)/t16-/m0/s1. The molecular weight excluding hydrogens is 412 g/mol. The van der Waals surface area contributed by atoms with E-state index >= 15 is 0 Å². The van der Waals surface area contributed by atoms with Gasteiger partial charge in [-0.3, -0.25) is 4.79 Å². The van der Waals surface area contributed by atoms with Crippen LogP contribution >= 0.6 is 11.6 Å². The number of amides is 1. The number of anilines is 3. The molecule has 1 amide bonds. The lowest BCUT2D eigenvalue weighted by atomic mass is 9.94. The molecule has 1 N–H and O–H groups in total. The summed E-state index contributed by atoms with van der Waals surface area (Å²) in [5, 5.41) is 13.3. The molecule has 1 saturated carbocycles. The van der Waals surface area contributed by atoms with Crippen LogP contribution in [0.15, 0.2) is 24.4 Å². The molecule has 0 unspecified atom stereocenters. The third-order valence-electron chi connectivity index (χ3n) is 5.88. The van der Waals surface area contributed by atoms with E-state index in [0.717, 1.165) is 55.8 Å². The third kappa shape index (κ3) is 5.26. The maximum absolute atomic E-state index is 12.9. The van der Waals surface area contributed by atoms with Crippen molar-refractivity contribution in [1.82, 2.24) is 9.97 Å². The van der Waals surface area contributed by atoms with E-state index in [1.54, 1.807) is 18.1 Å². The van der Waals surface area contributed by atoms with Crippen molar-refractivity contribution >= 4 is 34.8 Å². The lowest BCUT2D eigenvalue weighted by molar-refractivity contribution is -0.119. The fourth-order valence-electron chi connectivity index (χ4n) is 4.01. The highest BCUT2D eigenvalue weighted by molar-refractivity contribution is 6.31. The van der Waals surface area contributed by atoms with E-state index < -0.39 is 0 Å². The smallest absolute Gasteiger partial charge is 0.227 e. The van der Waals surface area contributed by atoms with Crippen molar-refractivity contribution in [1.29, 1.82) is 5.26 Å². The summed E-state index contributed by atoms with van der Waals surface area (Å²) >= 11 is 6.16. The molecule has 2 fully saturated rings. The first kappa shape index (κ1) is 21.4. The maximum atomic E-state index is 12.9. The second-order valence-corrected chi connectivity index (χ2v) is 8.99. The molecule has 2 aromatic rings. The van der Waals surface area contributed by atoms with Gasteiger partial charge in [-0.2, -0.15) is 5.26 Å². The molecule has 1 aliphatic heterocycles. The third-order valence-corrected chi connectivity index (χ3v) is 6.10. The summed E-state index contributed by atoms with van der Waals surface area (Å²) in [6.45, 7) is 3.59. The molecule has 1 aromatic heterocycles. The van der Waals surface area contributed by atoms with Gasteiger partial charge < -0.3 is 15.1 Å². The summed E-state index contributed by atoms with van der Waals surface area (Å²) in [5.74, 6) is 1.65. The molecule has 31 heavy (non-hydrogen) atoms. The van der Waals surface area contributed by atoms with Gasteiger partial charge in [-0.1, -0.05) is 11.6 Å². The molecule has 1 atom stereocenters. The van der Waals surface area contributed by atoms with Crippen LogP contribution in [0.5, 0.6) is 0 Å². The molecule has 2 aliphatic rings. The van der Waals surface area contributed by atoms with Crippen molar-refractivity contribution < 1.29 is 4.79 Å². The Labute approximate surface area is 188 Å². The number of hydrogen-bond donors (Lipinski definition) is 1. The number of aromatic nitrogens is 2. The predicted molar refractivity (Wildman–Crippen MR) is 123 cm³/mol. The number of nitrogens with one attached hydrogen (secondary N) is 1. The lowest BCUT2D eigenvalue weighted by Gasteiger charge is -2.34. The van der Waals surface area contributed by atoms with Crippen LogP contribution < -0.4 is 15.1 Å². The number of carbonyl (C=O) groups is 1. The molecule has 1 aliphatic carbocycles. The summed E-state index contributed by atoms with van der Waals surface area (Å²) < 4.78 is 0. The Morgan fingerprint density at radius 2 is 2.16 bits per heavy atom. The van der Waals surface area contributed by atoms with Crippen LogP contribution in [0.3, 0.4) is 0 Å². The van der Waals surface area contributed by atoms with Gasteiger partial charge in [-0.25, -0.2) is 9.97 Å². The largest absolute Gasteiger partial charge is 0.365 e. The Hall–Kier alpha value is -2.85. The van der Waals surface area contributed by atoms with Gasteiger partial charge in [0.25, 0.3) is 0 Å². The molecule has 0 radical (unpaired) electrons. The number of halogens is 1. The van der Waals surface area contributed by atoms with E-state index in [0.29, 0.717) is 29.0 Å². The lowest BCUT2D eigenvalue weighted by Crippen LogP contribution is -2.39. The van der Waals surface area contributed by atoms with Gasteiger partial charge in [0, 0.05) is 43.3 Å². The number of rotatable bonds is 6. The van der Waals surface area contributed by atoms with Gasteiger partial charge in [0.05, 0.1) is 6.20 Å². The zero-order valence-electron chi connectivity index (χ0n) is 17.9. The number of piperidine rings is 1. The first-order valence-corrected chi connectivity index (χ1v) is 11.1. The summed E-state index contributed by atoms with van der Waals surface area (Å²) in [4.78, 5) is 25.8. The number of carbonyl (C=O) groups excluding carboxylic acids is 1. The van der Waals surface area contributed by atoms with Gasteiger partial charge in [-0.15, -0.1) is 0 Å². The number of benzene rings is 1. The van der Waals surface area contributed by atoms with Crippen LogP contribution in [-0.2, 0) is 4.79 Å². The molecule has 4 rings (SSSR count). The first-order valence-electron chi connectivity index (χ1n) is 10.8. The van der Waals surface area contributed by atoms with Gasteiger partial charge in [0.15, 0.2) is 11.5 Å². The number of nitrogens with zero attached hydrogens (tertiary/aromatic N) is 5. The number of hydrogen-bond acceptors (Lipinski definition) is 6. The molecular formula is C23H27ClN6O. The van der Waals surface area contributed by atoms with E-state index in [-0.39, 0.29) is 11.8 Å². The fraction of sp³-hybridized carbons (Fsp3) is 0.478. The van der Waals surface area contributed by atoms with Crippen molar-refractivity contribution in [3.05, 3.63) is 40.7 Å². The highest BCUT2D eigenvalue weighted by Gasteiger charge is 2.27. The van der Waals surface area contributed by atoms with Crippen molar-refractivity contribution in [2.75, 3.05) is 35.3 Å². The van der Waals surface area contributed by atoms with E-state index in [2.05, 4.69) is 26.3 Å². The number of nitriles is 1. The van der Waals surface area contributed by atoms with Gasteiger partial charge in [0.2, 0.25) is 5.91 Å². The second-order valence-electron chi connectivity index (χ2n) is 8.55. The van der Waals surface area contributed by atoms with Gasteiger partial charge >= 0.3 is 0 Å². The Bertz CT molecular complexity index is 995. The zero-order valence-corrected chi connectivity index (χ0v) is 18.7. The van der Waals surface area contributed by atoms with Crippen molar-refractivity contribution in [3.8, 4) is 6.07 Å². The highest BCUT2D eigenvalue weighted by Crippen LogP contribution is 2.29. The minimum Gasteiger partial charge on any atom is -0.365 e. The SMILES string of the molecule is Cc1cc(Cl)cc(N(C)C(=O)C[C@@H]2CCCN(c3cnc(C#N)c(NC4CC4)n3)C2)c1. The quantitative estimate of drug-likeness (QED) is 0.729. The summed E-state index contributed by atoms with van der Waals surface area (Å²) in [6.07, 6.45) is 6.33. The molecule has 1 saturated heterocycles. The Balaban J connectivity index is 1.42. The summed E-state index contributed by atoms with van der Waals surface area (Å²) in [6, 6.07) is 8.18. The van der Waals surface area contributed by atoms with Crippen molar-refractivity contribution in [2.24, 2.45) is 5.92 Å². The van der Waals surface area contributed by atoms with Crippen molar-refractivity contribution in [3.63, 3.8) is 0 Å². The van der Waals surface area contributed by atoms with E-state index in [9.17, 15) is 10.1 Å². The van der Waals surface area contributed by atoms with Crippen LogP contribution in [0.25, 0.3) is 0 Å². The highest BCUT2D eigenvalue weighted by atomic mass is 35.5. The zero-order chi connectivity index (χ0) is 22.0. The number of aryl methyl sites for hydroxylation is 1. The Morgan fingerprint density at radius 3 is 2.87 bits per heavy atom. The predicted octanol–water partition coefficient (Wildman–Crippen LogP) is 4.15. The summed E-state index contributed by atoms with van der Waals surface area (Å²) in [7, 11) is 1.80. The minimum absolute atomic E-state index is 0.0792. The molecule has 2 heterocycles. The van der Waals surface area contributed by atoms with Gasteiger partial charge in [-0.05, 0) is 62.3 Å². The van der Waals surface area contributed by atoms with E-state index in [1.807, 2.05) is 25.1 Å². The molecule has 7 nitrogen and oxygen atoms in total. The topological polar surface area (TPSA) is 85.2 Å². The van der Waals surface area contributed by atoms with Crippen molar-refractivity contribution in [2.45, 2.75) is 45.1 Å². The summed E-state index contributed by atoms with van der Waals surface area (Å²) in [5.41, 5.74) is 2.18. The second kappa shape index (κ2) is 9.11. The first-order chi connectivity index (χ1) is 14.9. The van der Waals surface area contributed by atoms with E-state index in [1.165, 1.54) is 0 Å². The molecule has 8 heteroatoms. The van der Waals surface area contributed by atoms with Crippen LogP contribution in [0.1, 0.15) is 43.4 Å². The Morgan fingerprint density at radius 1 is 1.35 bits per heavy atom. The molecule has 0 spiro atoms. The Kier molecular flexibility index (Phi) is 6.28. The average Bonchev–Trinajstić information content (AvgIpc) is 3.56. The fourth-order valence-corrected chi connectivity index (χ4v) is 4.30. The molecule has 0 bridgehead atoms. The van der Waals surface area contributed by atoms with E-state index in [4.69, 9.17) is 11.6 Å². The van der Waals surface area contributed by atoms with Crippen LogP contribution in [0, 0.1) is 24.2 Å². The molecule has 1 aromatic carbocycles. The maximum Gasteiger partial charge on any atom is 0.227 e. The van der Waals surface area contributed by atoms with Crippen LogP contribution in [0.4, 0.5) is 17.3 Å². The van der Waals surface area contributed by atoms with Gasteiger partial charge in [0.1, 0.15) is 11.9 Å². The van der Waals surface area contributed by atoms with Crippen LogP contribution in [0.2, 0.25) is 5.02 Å². The van der Waals surface area contributed by atoms with Crippen LogP contribution in [-0.4, -0.2) is 42.1 Å². The normalized spacial score (nSPS) is 18.4. The average molecular weight is 439 g/mol. The molecule has 162 valence electrons. The monoisotopic (exact) mass is 438 g/mol.